The van der Waals surface area contributed by atoms with Crippen molar-refractivity contribution in [3.63, 3.8) is 0 Å². The number of ether oxygens (including phenoxy) is 2. The fraction of sp³-hybridized carbons (Fsp3) is 0.381. The standard InChI is InChI=1S/C21H24O5/c1-4-25-20(23)19(21(24)26-5-2)18(13-14(3)22)17-12-8-10-15-9-6-7-11-16(15)17/h6-12,18-19H,4-5,13H2,1-3H3. The molecule has 2 aromatic carbocycles. The van der Waals surface area contributed by atoms with Crippen LogP contribution in [0.5, 0.6) is 0 Å². The summed E-state index contributed by atoms with van der Waals surface area (Å²) in [5.74, 6) is -3.25. The van der Waals surface area contributed by atoms with Gasteiger partial charge in [0.05, 0.1) is 13.2 Å². The van der Waals surface area contributed by atoms with Crippen LogP contribution in [-0.4, -0.2) is 30.9 Å². The Labute approximate surface area is 153 Å². The molecule has 0 saturated carbocycles. The molecule has 138 valence electrons. The number of ketones is 1. The predicted molar refractivity (Wildman–Crippen MR) is 98.7 cm³/mol. The number of fused-ring (bicyclic) bond motifs is 1. The molecule has 0 aliphatic heterocycles. The number of carbonyl (C=O) groups excluding carboxylic acids is 3. The van der Waals surface area contributed by atoms with Gasteiger partial charge in [-0.05, 0) is 37.1 Å². The second-order valence-electron chi connectivity index (χ2n) is 6.06. The average molecular weight is 356 g/mol. The SMILES string of the molecule is CCOC(=O)C(C(=O)OCC)C(CC(C)=O)c1cccc2ccccc12. The van der Waals surface area contributed by atoms with Gasteiger partial charge >= 0.3 is 11.9 Å². The molecule has 1 unspecified atom stereocenters. The lowest BCUT2D eigenvalue weighted by molar-refractivity contribution is -0.162. The summed E-state index contributed by atoms with van der Waals surface area (Å²) in [4.78, 5) is 37.0. The molecular weight excluding hydrogens is 332 g/mol. The fourth-order valence-electron chi connectivity index (χ4n) is 3.18. The minimum Gasteiger partial charge on any atom is -0.465 e. The Kier molecular flexibility index (Phi) is 6.89. The maximum atomic E-state index is 12.6. The van der Waals surface area contributed by atoms with Crippen LogP contribution in [0, 0.1) is 5.92 Å². The first kappa shape index (κ1) is 19.6. The predicted octanol–water partition coefficient (Wildman–Crippen LogP) is 3.64. The van der Waals surface area contributed by atoms with Gasteiger partial charge in [-0.25, -0.2) is 0 Å². The van der Waals surface area contributed by atoms with Crippen LogP contribution < -0.4 is 0 Å². The summed E-state index contributed by atoms with van der Waals surface area (Å²) in [6.07, 6.45) is 0.0519. The minimum atomic E-state index is -1.18. The average Bonchev–Trinajstić information content (AvgIpc) is 2.61. The molecule has 26 heavy (non-hydrogen) atoms. The van der Waals surface area contributed by atoms with E-state index in [4.69, 9.17) is 9.47 Å². The van der Waals surface area contributed by atoms with E-state index in [9.17, 15) is 14.4 Å². The van der Waals surface area contributed by atoms with Crippen molar-refractivity contribution in [1.82, 2.24) is 0 Å². The molecule has 2 rings (SSSR count). The second kappa shape index (κ2) is 9.13. The topological polar surface area (TPSA) is 69.7 Å². The summed E-state index contributed by atoms with van der Waals surface area (Å²) in [7, 11) is 0. The number of benzene rings is 2. The van der Waals surface area contributed by atoms with Gasteiger partial charge in [0.25, 0.3) is 0 Å². The number of rotatable bonds is 8. The van der Waals surface area contributed by atoms with Crippen LogP contribution in [0.4, 0.5) is 0 Å². The molecule has 0 radical (unpaired) electrons. The maximum absolute atomic E-state index is 12.6. The lowest BCUT2D eigenvalue weighted by atomic mass is 9.80. The lowest BCUT2D eigenvalue weighted by Crippen LogP contribution is -2.34. The Bertz CT molecular complexity index is 773. The van der Waals surface area contributed by atoms with E-state index < -0.39 is 23.8 Å². The van der Waals surface area contributed by atoms with Crippen LogP contribution in [0.15, 0.2) is 42.5 Å². The molecule has 0 heterocycles. The molecule has 5 nitrogen and oxygen atoms in total. The molecule has 0 saturated heterocycles. The highest BCUT2D eigenvalue weighted by Gasteiger charge is 2.39. The van der Waals surface area contributed by atoms with E-state index in [1.807, 2.05) is 42.5 Å². The first-order chi connectivity index (χ1) is 12.5. The van der Waals surface area contributed by atoms with Gasteiger partial charge in [0, 0.05) is 12.3 Å². The van der Waals surface area contributed by atoms with Crippen molar-refractivity contribution in [3.8, 4) is 0 Å². The quantitative estimate of drug-likeness (QED) is 0.533. The van der Waals surface area contributed by atoms with Crippen LogP contribution in [-0.2, 0) is 23.9 Å². The molecule has 0 aliphatic rings. The summed E-state index contributed by atoms with van der Waals surface area (Å²) in [6.45, 7) is 5.11. The van der Waals surface area contributed by atoms with Gasteiger partial charge in [-0.1, -0.05) is 42.5 Å². The summed E-state index contributed by atoms with van der Waals surface area (Å²) in [5.41, 5.74) is 0.768. The van der Waals surface area contributed by atoms with Crippen molar-refractivity contribution in [2.45, 2.75) is 33.1 Å². The van der Waals surface area contributed by atoms with Gasteiger partial charge in [0.1, 0.15) is 5.78 Å². The van der Waals surface area contributed by atoms with Gasteiger partial charge in [-0.2, -0.15) is 0 Å². The highest BCUT2D eigenvalue weighted by molar-refractivity contribution is 5.98. The Balaban J connectivity index is 2.60. The zero-order valence-corrected chi connectivity index (χ0v) is 15.4. The van der Waals surface area contributed by atoms with E-state index in [1.165, 1.54) is 6.92 Å². The monoisotopic (exact) mass is 356 g/mol. The number of Topliss-reactive ketones (excluding diaryl/α,β-unsaturated/α-hetero) is 1. The highest BCUT2D eigenvalue weighted by atomic mass is 16.6. The first-order valence-electron chi connectivity index (χ1n) is 8.79. The summed E-state index contributed by atoms with van der Waals surface area (Å²) < 4.78 is 10.2. The normalized spacial score (nSPS) is 12.0. The Morgan fingerprint density at radius 1 is 0.885 bits per heavy atom. The Hall–Kier alpha value is -2.69. The third-order valence-corrected chi connectivity index (χ3v) is 4.21. The largest absolute Gasteiger partial charge is 0.465 e. The molecule has 2 aromatic rings. The van der Waals surface area contributed by atoms with Crippen LogP contribution in [0.2, 0.25) is 0 Å². The molecule has 5 heteroatoms. The van der Waals surface area contributed by atoms with E-state index in [-0.39, 0.29) is 25.4 Å². The van der Waals surface area contributed by atoms with Crippen molar-refractivity contribution in [2.24, 2.45) is 5.92 Å². The number of carbonyl (C=O) groups is 3. The maximum Gasteiger partial charge on any atom is 0.320 e. The minimum absolute atomic E-state index is 0.0519. The molecular formula is C21H24O5. The third-order valence-electron chi connectivity index (χ3n) is 4.21. The van der Waals surface area contributed by atoms with E-state index in [0.717, 1.165) is 16.3 Å². The smallest absolute Gasteiger partial charge is 0.320 e. The van der Waals surface area contributed by atoms with Crippen LogP contribution in [0.1, 0.15) is 38.7 Å². The molecule has 0 N–H and O–H groups in total. The van der Waals surface area contributed by atoms with Gasteiger partial charge in [-0.3, -0.25) is 9.59 Å². The van der Waals surface area contributed by atoms with Crippen molar-refractivity contribution in [2.75, 3.05) is 13.2 Å². The Morgan fingerprint density at radius 3 is 2.04 bits per heavy atom. The number of esters is 2. The molecule has 0 aromatic heterocycles. The molecule has 1 atom stereocenters. The van der Waals surface area contributed by atoms with Crippen molar-refractivity contribution in [1.29, 1.82) is 0 Å². The zero-order chi connectivity index (χ0) is 19.1. The zero-order valence-electron chi connectivity index (χ0n) is 15.4. The van der Waals surface area contributed by atoms with Crippen molar-refractivity contribution < 1.29 is 23.9 Å². The summed E-state index contributed by atoms with van der Waals surface area (Å²) in [5, 5.41) is 1.88. The second-order valence-corrected chi connectivity index (χ2v) is 6.06. The van der Waals surface area contributed by atoms with Crippen molar-refractivity contribution in [3.05, 3.63) is 48.0 Å². The van der Waals surface area contributed by atoms with Crippen LogP contribution in [0.25, 0.3) is 10.8 Å². The highest BCUT2D eigenvalue weighted by Crippen LogP contribution is 2.35. The molecule has 0 fully saturated rings. The van der Waals surface area contributed by atoms with Crippen molar-refractivity contribution >= 4 is 28.5 Å². The first-order valence-corrected chi connectivity index (χ1v) is 8.79. The van der Waals surface area contributed by atoms with Gasteiger partial charge in [-0.15, -0.1) is 0 Å². The lowest BCUT2D eigenvalue weighted by Gasteiger charge is -2.25. The molecule has 0 aliphatic carbocycles. The van der Waals surface area contributed by atoms with Crippen LogP contribution >= 0.6 is 0 Å². The van der Waals surface area contributed by atoms with Gasteiger partial charge < -0.3 is 14.3 Å². The summed E-state index contributed by atoms with van der Waals surface area (Å²) >= 11 is 0. The summed E-state index contributed by atoms with van der Waals surface area (Å²) in [6, 6.07) is 13.3. The van der Waals surface area contributed by atoms with E-state index in [1.54, 1.807) is 13.8 Å². The fourth-order valence-corrected chi connectivity index (χ4v) is 3.18. The molecule has 0 amide bonds. The molecule has 0 bridgehead atoms. The molecule has 0 spiro atoms. The number of hydrogen-bond acceptors (Lipinski definition) is 5. The third kappa shape index (κ3) is 4.48. The van der Waals surface area contributed by atoms with Gasteiger partial charge in [0.15, 0.2) is 5.92 Å². The van der Waals surface area contributed by atoms with E-state index in [0.29, 0.717) is 0 Å². The van der Waals surface area contributed by atoms with E-state index >= 15 is 0 Å². The Morgan fingerprint density at radius 2 is 1.46 bits per heavy atom. The number of hydrogen-bond donors (Lipinski definition) is 0. The van der Waals surface area contributed by atoms with Crippen LogP contribution in [0.3, 0.4) is 0 Å². The van der Waals surface area contributed by atoms with Gasteiger partial charge in [0.2, 0.25) is 0 Å². The van der Waals surface area contributed by atoms with E-state index in [2.05, 4.69) is 0 Å².